The molecule has 0 saturated carbocycles. The van der Waals surface area contributed by atoms with Crippen LogP contribution in [0.4, 0.5) is 10.8 Å². The molecule has 1 aliphatic heterocycles. The SMILES string of the molecule is COc1ccc(NC(=O)CSCc2csc(NC(=O)/C=C/c3ccc4c(c3)OCO4)n2)cc1. The number of hydrogen-bond acceptors (Lipinski definition) is 8. The highest BCUT2D eigenvalue weighted by molar-refractivity contribution is 7.99. The van der Waals surface area contributed by atoms with E-state index in [1.54, 1.807) is 37.5 Å². The number of aromatic nitrogens is 1. The molecule has 0 aliphatic carbocycles. The van der Waals surface area contributed by atoms with Crippen molar-refractivity contribution in [3.05, 3.63) is 65.2 Å². The number of thiazole rings is 1. The van der Waals surface area contributed by atoms with Crippen molar-refractivity contribution < 1.29 is 23.8 Å². The van der Waals surface area contributed by atoms with Crippen molar-refractivity contribution in [1.29, 1.82) is 0 Å². The molecule has 0 bridgehead atoms. The van der Waals surface area contributed by atoms with Crippen LogP contribution in [0.3, 0.4) is 0 Å². The number of nitrogens with zero attached hydrogens (tertiary/aromatic N) is 1. The van der Waals surface area contributed by atoms with E-state index in [2.05, 4.69) is 15.6 Å². The van der Waals surface area contributed by atoms with Crippen molar-refractivity contribution >= 4 is 51.8 Å². The molecule has 2 N–H and O–H groups in total. The Balaban J connectivity index is 1.20. The predicted octanol–water partition coefficient (Wildman–Crippen LogP) is 4.40. The minimum atomic E-state index is -0.278. The second-order valence-corrected chi connectivity index (χ2v) is 8.69. The number of ether oxygens (including phenoxy) is 3. The molecule has 0 atom stereocenters. The van der Waals surface area contributed by atoms with Crippen molar-refractivity contribution in [2.24, 2.45) is 0 Å². The van der Waals surface area contributed by atoms with Crippen molar-refractivity contribution in [3.63, 3.8) is 0 Å². The normalized spacial score (nSPS) is 12.0. The van der Waals surface area contributed by atoms with Crippen LogP contribution in [0.15, 0.2) is 53.9 Å². The molecular formula is C23H21N3O5S2. The summed E-state index contributed by atoms with van der Waals surface area (Å²) < 4.78 is 15.7. The molecule has 2 heterocycles. The Morgan fingerprint density at radius 3 is 2.79 bits per heavy atom. The van der Waals surface area contributed by atoms with Crippen molar-refractivity contribution in [2.45, 2.75) is 5.75 Å². The third-order valence-corrected chi connectivity index (χ3v) is 6.24. The summed E-state index contributed by atoms with van der Waals surface area (Å²) in [5.41, 5.74) is 2.35. The van der Waals surface area contributed by atoms with Gasteiger partial charge < -0.3 is 19.5 Å². The van der Waals surface area contributed by atoms with Gasteiger partial charge in [0.15, 0.2) is 16.6 Å². The first-order valence-electron chi connectivity index (χ1n) is 9.94. The molecule has 0 unspecified atom stereocenters. The van der Waals surface area contributed by atoms with E-state index in [1.165, 1.54) is 29.2 Å². The summed E-state index contributed by atoms with van der Waals surface area (Å²) in [6, 6.07) is 12.6. The number of hydrogen-bond donors (Lipinski definition) is 2. The van der Waals surface area contributed by atoms with Crippen LogP contribution >= 0.6 is 23.1 Å². The molecule has 2 amide bonds. The topological polar surface area (TPSA) is 98.8 Å². The van der Waals surface area contributed by atoms with Gasteiger partial charge in [-0.15, -0.1) is 23.1 Å². The van der Waals surface area contributed by atoms with Crippen LogP contribution in [0.25, 0.3) is 6.08 Å². The third kappa shape index (κ3) is 6.50. The zero-order valence-electron chi connectivity index (χ0n) is 17.7. The lowest BCUT2D eigenvalue weighted by atomic mass is 10.2. The first-order valence-corrected chi connectivity index (χ1v) is 12.0. The van der Waals surface area contributed by atoms with Crippen LogP contribution in [-0.2, 0) is 15.3 Å². The third-order valence-electron chi connectivity index (χ3n) is 4.46. The Labute approximate surface area is 199 Å². The molecular weight excluding hydrogens is 462 g/mol. The molecule has 2 aromatic carbocycles. The predicted molar refractivity (Wildman–Crippen MR) is 130 cm³/mol. The first-order chi connectivity index (χ1) is 16.1. The number of anilines is 2. The second kappa shape index (κ2) is 10.9. The Hall–Kier alpha value is -3.50. The molecule has 0 radical (unpaired) electrons. The molecule has 170 valence electrons. The average Bonchev–Trinajstić information content (AvgIpc) is 3.47. The smallest absolute Gasteiger partial charge is 0.250 e. The lowest BCUT2D eigenvalue weighted by molar-refractivity contribution is -0.114. The van der Waals surface area contributed by atoms with Crippen molar-refractivity contribution in [3.8, 4) is 17.2 Å². The van der Waals surface area contributed by atoms with Gasteiger partial charge >= 0.3 is 0 Å². The van der Waals surface area contributed by atoms with E-state index < -0.39 is 0 Å². The zero-order chi connectivity index (χ0) is 23.0. The minimum Gasteiger partial charge on any atom is -0.497 e. The fraction of sp³-hybridized carbons (Fsp3) is 0.174. The van der Waals surface area contributed by atoms with E-state index >= 15 is 0 Å². The van der Waals surface area contributed by atoms with Gasteiger partial charge in [-0.25, -0.2) is 4.98 Å². The number of benzene rings is 2. The summed E-state index contributed by atoms with van der Waals surface area (Å²) >= 11 is 2.79. The minimum absolute atomic E-state index is 0.0948. The van der Waals surface area contributed by atoms with Crippen LogP contribution in [-0.4, -0.2) is 36.5 Å². The lowest BCUT2D eigenvalue weighted by Gasteiger charge is -2.05. The summed E-state index contributed by atoms with van der Waals surface area (Å²) in [6.45, 7) is 0.209. The van der Waals surface area contributed by atoms with Gasteiger partial charge in [-0.05, 0) is 48.0 Å². The van der Waals surface area contributed by atoms with Gasteiger partial charge in [-0.3, -0.25) is 14.9 Å². The second-order valence-electron chi connectivity index (χ2n) is 6.85. The largest absolute Gasteiger partial charge is 0.497 e. The van der Waals surface area contributed by atoms with Gasteiger partial charge in [0.1, 0.15) is 5.75 Å². The highest BCUT2D eigenvalue weighted by atomic mass is 32.2. The number of rotatable bonds is 9. The lowest BCUT2D eigenvalue weighted by Crippen LogP contribution is -2.14. The van der Waals surface area contributed by atoms with Crippen LogP contribution in [0.5, 0.6) is 17.2 Å². The summed E-state index contributed by atoms with van der Waals surface area (Å²) in [6.07, 6.45) is 3.14. The number of carbonyl (C=O) groups excluding carboxylic acids is 2. The van der Waals surface area contributed by atoms with Gasteiger partial charge in [0, 0.05) is 22.9 Å². The standard InChI is InChI=1S/C23H21N3O5S2/c1-29-18-6-4-16(5-7-18)24-22(28)13-32-11-17-12-33-23(25-17)26-21(27)9-3-15-2-8-19-20(10-15)31-14-30-19/h2-10,12H,11,13-14H2,1H3,(H,24,28)(H,25,26,27)/b9-3+. The Kier molecular flexibility index (Phi) is 7.48. The molecule has 10 heteroatoms. The molecule has 0 saturated heterocycles. The van der Waals surface area contributed by atoms with Crippen LogP contribution in [0.2, 0.25) is 0 Å². The van der Waals surface area contributed by atoms with Gasteiger partial charge in [-0.2, -0.15) is 0 Å². The van der Waals surface area contributed by atoms with E-state index in [9.17, 15) is 9.59 Å². The molecule has 1 aromatic heterocycles. The Morgan fingerprint density at radius 2 is 1.97 bits per heavy atom. The number of carbonyl (C=O) groups is 2. The number of methoxy groups -OCH3 is 1. The quantitative estimate of drug-likeness (QED) is 0.435. The molecule has 33 heavy (non-hydrogen) atoms. The van der Waals surface area contributed by atoms with E-state index in [1.807, 2.05) is 23.6 Å². The fourth-order valence-corrected chi connectivity index (χ4v) is 4.42. The van der Waals surface area contributed by atoms with Gasteiger partial charge in [0.25, 0.3) is 0 Å². The maximum Gasteiger partial charge on any atom is 0.250 e. The van der Waals surface area contributed by atoms with E-state index in [-0.39, 0.29) is 18.6 Å². The summed E-state index contributed by atoms with van der Waals surface area (Å²) in [5.74, 6) is 2.58. The molecule has 1 aliphatic rings. The number of fused-ring (bicyclic) bond motifs is 1. The van der Waals surface area contributed by atoms with E-state index in [4.69, 9.17) is 14.2 Å². The van der Waals surface area contributed by atoms with Gasteiger partial charge in [0.2, 0.25) is 18.6 Å². The number of nitrogens with one attached hydrogen (secondary N) is 2. The highest BCUT2D eigenvalue weighted by Crippen LogP contribution is 2.32. The van der Waals surface area contributed by atoms with Crippen LogP contribution < -0.4 is 24.8 Å². The van der Waals surface area contributed by atoms with E-state index in [0.717, 1.165) is 17.0 Å². The number of thioether (sulfide) groups is 1. The van der Waals surface area contributed by atoms with Gasteiger partial charge in [-0.1, -0.05) is 6.07 Å². The molecule has 3 aromatic rings. The molecule has 0 fully saturated rings. The molecule has 0 spiro atoms. The zero-order valence-corrected chi connectivity index (χ0v) is 19.3. The Bertz CT molecular complexity index is 1160. The Morgan fingerprint density at radius 1 is 1.15 bits per heavy atom. The summed E-state index contributed by atoms with van der Waals surface area (Å²) in [7, 11) is 1.59. The van der Waals surface area contributed by atoms with Gasteiger partial charge in [0.05, 0.1) is 18.6 Å². The molecule has 8 nitrogen and oxygen atoms in total. The maximum absolute atomic E-state index is 12.2. The molecule has 4 rings (SSSR count). The van der Waals surface area contributed by atoms with Crippen LogP contribution in [0.1, 0.15) is 11.3 Å². The van der Waals surface area contributed by atoms with Crippen molar-refractivity contribution in [2.75, 3.05) is 30.3 Å². The highest BCUT2D eigenvalue weighted by Gasteiger charge is 2.12. The average molecular weight is 484 g/mol. The van der Waals surface area contributed by atoms with Crippen molar-refractivity contribution in [1.82, 2.24) is 4.98 Å². The van der Waals surface area contributed by atoms with Crippen LogP contribution in [0, 0.1) is 0 Å². The summed E-state index contributed by atoms with van der Waals surface area (Å²) in [5, 5.41) is 7.97. The maximum atomic E-state index is 12.2. The first kappa shape index (κ1) is 22.7. The van der Waals surface area contributed by atoms with E-state index in [0.29, 0.717) is 33.8 Å². The monoisotopic (exact) mass is 483 g/mol. The summed E-state index contributed by atoms with van der Waals surface area (Å²) in [4.78, 5) is 28.7. The number of amides is 2. The fourth-order valence-electron chi connectivity index (χ4n) is 2.89.